The summed E-state index contributed by atoms with van der Waals surface area (Å²) < 4.78 is 5.64. The van der Waals surface area contributed by atoms with Crippen molar-refractivity contribution in [3.63, 3.8) is 0 Å². The Labute approximate surface area is 188 Å². The molecule has 0 aromatic heterocycles. The molecule has 0 unspecified atom stereocenters. The first-order chi connectivity index (χ1) is 14.2. The van der Waals surface area contributed by atoms with Gasteiger partial charge in [-0.3, -0.25) is 9.59 Å². The van der Waals surface area contributed by atoms with Gasteiger partial charge in [0.05, 0.1) is 5.02 Å². The van der Waals surface area contributed by atoms with Crippen molar-refractivity contribution >= 4 is 35.0 Å². The van der Waals surface area contributed by atoms with E-state index in [9.17, 15) is 9.59 Å². The molecule has 2 aromatic rings. The summed E-state index contributed by atoms with van der Waals surface area (Å²) in [6, 6.07) is 12.1. The number of carbonyl (C=O) groups excluding carboxylic acids is 2. The van der Waals surface area contributed by atoms with Gasteiger partial charge in [0, 0.05) is 17.6 Å². The van der Waals surface area contributed by atoms with Gasteiger partial charge in [0.25, 0.3) is 5.91 Å². The number of benzene rings is 2. The third-order valence-electron chi connectivity index (χ3n) is 4.50. The summed E-state index contributed by atoms with van der Waals surface area (Å²) in [5, 5.41) is 3.71. The van der Waals surface area contributed by atoms with Crippen LogP contribution in [0, 0.1) is 6.92 Å². The number of hydrogen-bond acceptors (Lipinski definition) is 3. The van der Waals surface area contributed by atoms with Crippen LogP contribution in [0.15, 0.2) is 42.5 Å². The molecule has 162 valence electrons. The van der Waals surface area contributed by atoms with E-state index < -0.39 is 6.04 Å². The van der Waals surface area contributed by atoms with Gasteiger partial charge < -0.3 is 15.0 Å². The lowest BCUT2D eigenvalue weighted by Gasteiger charge is -2.31. The number of carbonyl (C=O) groups is 2. The molecule has 0 saturated heterocycles. The van der Waals surface area contributed by atoms with Crippen LogP contribution >= 0.6 is 23.2 Å². The average Bonchev–Trinajstić information content (AvgIpc) is 2.66. The van der Waals surface area contributed by atoms with Crippen LogP contribution in [0.5, 0.6) is 5.75 Å². The van der Waals surface area contributed by atoms with E-state index >= 15 is 0 Å². The lowest BCUT2D eigenvalue weighted by molar-refractivity contribution is -0.143. The molecule has 0 saturated carbocycles. The zero-order valence-corrected chi connectivity index (χ0v) is 19.3. The molecular formula is C23H28Cl2N2O3. The minimum Gasteiger partial charge on any atom is -0.482 e. The monoisotopic (exact) mass is 450 g/mol. The molecule has 0 fully saturated rings. The minimum absolute atomic E-state index is 0.0217. The van der Waals surface area contributed by atoms with Crippen molar-refractivity contribution in [1.82, 2.24) is 10.2 Å². The lowest BCUT2D eigenvalue weighted by atomic mass is 10.1. The van der Waals surface area contributed by atoms with Gasteiger partial charge in [0.2, 0.25) is 5.91 Å². The van der Waals surface area contributed by atoms with E-state index in [-0.39, 0.29) is 24.5 Å². The molecular weight excluding hydrogens is 423 g/mol. The molecule has 2 amide bonds. The first-order valence-corrected chi connectivity index (χ1v) is 10.7. The number of rotatable bonds is 9. The highest BCUT2D eigenvalue weighted by atomic mass is 35.5. The fourth-order valence-corrected chi connectivity index (χ4v) is 3.59. The Balaban J connectivity index is 2.23. The van der Waals surface area contributed by atoms with Crippen LogP contribution in [0.3, 0.4) is 0 Å². The van der Waals surface area contributed by atoms with Crippen LogP contribution in [0.4, 0.5) is 0 Å². The van der Waals surface area contributed by atoms with Crippen LogP contribution in [-0.4, -0.2) is 35.4 Å². The van der Waals surface area contributed by atoms with Gasteiger partial charge in [-0.1, -0.05) is 60.0 Å². The van der Waals surface area contributed by atoms with Gasteiger partial charge in [-0.05, 0) is 51.0 Å². The SMILES string of the molecule is CC[C@@H](C(=O)NC(C)C)N(Cc1cccc(C)c1)C(=O)COc1ccc(Cl)cc1Cl. The largest absolute Gasteiger partial charge is 0.482 e. The van der Waals surface area contributed by atoms with E-state index in [1.165, 1.54) is 0 Å². The van der Waals surface area contributed by atoms with Crippen molar-refractivity contribution in [1.29, 1.82) is 0 Å². The highest BCUT2D eigenvalue weighted by molar-refractivity contribution is 6.35. The fourth-order valence-electron chi connectivity index (χ4n) is 3.12. The second kappa shape index (κ2) is 11.2. The molecule has 30 heavy (non-hydrogen) atoms. The zero-order chi connectivity index (χ0) is 22.3. The smallest absolute Gasteiger partial charge is 0.261 e. The summed E-state index contributed by atoms with van der Waals surface area (Å²) >= 11 is 12.0. The van der Waals surface area contributed by atoms with Crippen molar-refractivity contribution in [2.24, 2.45) is 0 Å². The van der Waals surface area contributed by atoms with Gasteiger partial charge in [0.1, 0.15) is 11.8 Å². The van der Waals surface area contributed by atoms with E-state index in [1.54, 1.807) is 23.1 Å². The van der Waals surface area contributed by atoms with Gasteiger partial charge >= 0.3 is 0 Å². The molecule has 1 N–H and O–H groups in total. The van der Waals surface area contributed by atoms with Crippen LogP contribution in [-0.2, 0) is 16.1 Å². The number of amides is 2. The first-order valence-electron chi connectivity index (χ1n) is 9.94. The molecule has 0 radical (unpaired) electrons. The third kappa shape index (κ3) is 6.92. The molecule has 0 aliphatic rings. The molecule has 2 rings (SSSR count). The first kappa shape index (κ1) is 24.0. The second-order valence-electron chi connectivity index (χ2n) is 7.46. The van der Waals surface area contributed by atoms with E-state index in [0.717, 1.165) is 11.1 Å². The Hall–Kier alpha value is -2.24. The summed E-state index contributed by atoms with van der Waals surface area (Å²) in [5.74, 6) is -0.115. The normalized spacial score (nSPS) is 11.8. The summed E-state index contributed by atoms with van der Waals surface area (Å²) in [6.07, 6.45) is 0.484. The van der Waals surface area contributed by atoms with Crippen molar-refractivity contribution in [2.75, 3.05) is 6.61 Å². The van der Waals surface area contributed by atoms with E-state index in [2.05, 4.69) is 5.32 Å². The molecule has 0 heterocycles. The van der Waals surface area contributed by atoms with Gasteiger partial charge in [0.15, 0.2) is 6.61 Å². The molecule has 7 heteroatoms. The maximum atomic E-state index is 13.1. The molecule has 1 atom stereocenters. The lowest BCUT2D eigenvalue weighted by Crippen LogP contribution is -2.51. The molecule has 0 aliphatic heterocycles. The number of ether oxygens (including phenoxy) is 1. The van der Waals surface area contributed by atoms with E-state index in [4.69, 9.17) is 27.9 Å². The number of halogens is 2. The standard InChI is InChI=1S/C23H28Cl2N2O3/c1-5-20(23(29)26-15(2)3)27(13-17-8-6-7-16(4)11-17)22(28)14-30-21-10-9-18(24)12-19(21)25/h6-12,15,20H,5,13-14H2,1-4H3,(H,26,29)/t20-/m0/s1. The Morgan fingerprint density at radius 3 is 2.47 bits per heavy atom. The minimum atomic E-state index is -0.607. The van der Waals surface area contributed by atoms with E-state index in [1.807, 2.05) is 52.0 Å². The summed E-state index contributed by atoms with van der Waals surface area (Å²) in [7, 11) is 0. The summed E-state index contributed by atoms with van der Waals surface area (Å²) in [4.78, 5) is 27.5. The van der Waals surface area contributed by atoms with Crippen LogP contribution < -0.4 is 10.1 Å². The van der Waals surface area contributed by atoms with Crippen molar-refractivity contribution in [3.8, 4) is 5.75 Å². The van der Waals surface area contributed by atoms with Gasteiger partial charge in [-0.2, -0.15) is 0 Å². The highest BCUT2D eigenvalue weighted by Crippen LogP contribution is 2.27. The molecule has 0 bridgehead atoms. The van der Waals surface area contributed by atoms with Crippen molar-refractivity contribution in [2.45, 2.75) is 52.7 Å². The number of nitrogens with zero attached hydrogens (tertiary/aromatic N) is 1. The van der Waals surface area contributed by atoms with Crippen molar-refractivity contribution < 1.29 is 14.3 Å². The molecule has 0 aliphatic carbocycles. The molecule has 2 aromatic carbocycles. The zero-order valence-electron chi connectivity index (χ0n) is 17.7. The Kier molecular flexibility index (Phi) is 9.00. The van der Waals surface area contributed by atoms with E-state index in [0.29, 0.717) is 28.8 Å². The third-order valence-corrected chi connectivity index (χ3v) is 5.03. The Morgan fingerprint density at radius 2 is 1.87 bits per heavy atom. The van der Waals surface area contributed by atoms with Gasteiger partial charge in [-0.15, -0.1) is 0 Å². The predicted molar refractivity (Wildman–Crippen MR) is 121 cm³/mol. The van der Waals surface area contributed by atoms with Crippen LogP contribution in [0.2, 0.25) is 10.0 Å². The topological polar surface area (TPSA) is 58.6 Å². The molecule has 5 nitrogen and oxygen atoms in total. The maximum Gasteiger partial charge on any atom is 0.261 e. The number of aryl methyl sites for hydroxylation is 1. The quantitative estimate of drug-likeness (QED) is 0.583. The number of nitrogens with one attached hydrogen (secondary N) is 1. The Morgan fingerprint density at radius 1 is 1.13 bits per heavy atom. The number of hydrogen-bond donors (Lipinski definition) is 1. The highest BCUT2D eigenvalue weighted by Gasteiger charge is 2.29. The summed E-state index contributed by atoms with van der Waals surface area (Å²) in [5.41, 5.74) is 2.03. The predicted octanol–water partition coefficient (Wildman–Crippen LogP) is 5.01. The van der Waals surface area contributed by atoms with Crippen LogP contribution in [0.1, 0.15) is 38.3 Å². The summed E-state index contributed by atoms with van der Waals surface area (Å²) in [6.45, 7) is 7.73. The Bertz CT molecular complexity index is 887. The molecule has 0 spiro atoms. The van der Waals surface area contributed by atoms with Crippen molar-refractivity contribution in [3.05, 3.63) is 63.6 Å². The second-order valence-corrected chi connectivity index (χ2v) is 8.31. The maximum absolute atomic E-state index is 13.1. The average molecular weight is 451 g/mol. The fraction of sp³-hybridized carbons (Fsp3) is 0.391. The van der Waals surface area contributed by atoms with Crippen LogP contribution in [0.25, 0.3) is 0 Å². The van der Waals surface area contributed by atoms with Gasteiger partial charge in [-0.25, -0.2) is 0 Å².